The van der Waals surface area contributed by atoms with Crippen LogP contribution in [0.15, 0.2) is 17.8 Å². The molecule has 0 unspecified atom stereocenters. The maximum Gasteiger partial charge on any atom is 0.341 e. The highest BCUT2D eigenvalue weighted by atomic mass is 32.2. The molecule has 1 amide bonds. The summed E-state index contributed by atoms with van der Waals surface area (Å²) in [4.78, 5) is 26.0. The highest BCUT2D eigenvalue weighted by molar-refractivity contribution is 7.99. The van der Waals surface area contributed by atoms with Gasteiger partial charge in [0.1, 0.15) is 10.8 Å². The molecule has 0 spiro atoms. The van der Waals surface area contributed by atoms with E-state index < -0.39 is 5.97 Å². The number of fused-ring (bicyclic) bond motifs is 1. The van der Waals surface area contributed by atoms with Crippen LogP contribution in [0.5, 0.6) is 0 Å². The average molecular weight is 421 g/mol. The van der Waals surface area contributed by atoms with Crippen LogP contribution in [0.4, 0.5) is 5.00 Å². The molecule has 9 heteroatoms. The van der Waals surface area contributed by atoms with E-state index in [4.69, 9.17) is 4.74 Å². The molecule has 1 aliphatic rings. The van der Waals surface area contributed by atoms with Crippen molar-refractivity contribution in [1.82, 2.24) is 14.8 Å². The van der Waals surface area contributed by atoms with Gasteiger partial charge in [0, 0.05) is 11.4 Å². The molecule has 1 atom stereocenters. The summed E-state index contributed by atoms with van der Waals surface area (Å²) in [5, 5.41) is 12.3. The van der Waals surface area contributed by atoms with Crippen molar-refractivity contribution in [1.29, 1.82) is 0 Å². The number of thiophene rings is 1. The number of aryl methyl sites for hydroxylation is 1. The lowest BCUT2D eigenvalue weighted by Crippen LogP contribution is -2.17. The van der Waals surface area contributed by atoms with Crippen molar-refractivity contribution in [3.8, 4) is 0 Å². The normalized spacial score (nSPS) is 15.8. The Labute approximate surface area is 172 Å². The van der Waals surface area contributed by atoms with Gasteiger partial charge in [-0.15, -0.1) is 28.1 Å². The van der Waals surface area contributed by atoms with Gasteiger partial charge >= 0.3 is 5.97 Å². The van der Waals surface area contributed by atoms with Gasteiger partial charge in [0.15, 0.2) is 5.16 Å². The zero-order valence-electron chi connectivity index (χ0n) is 16.3. The number of hydrogen-bond donors (Lipinski definition) is 1. The van der Waals surface area contributed by atoms with Crippen LogP contribution in [0.3, 0.4) is 0 Å². The fraction of sp³-hybridized carbons (Fsp3) is 0.474. The fourth-order valence-corrected chi connectivity index (χ4v) is 5.47. The van der Waals surface area contributed by atoms with Crippen LogP contribution in [-0.4, -0.2) is 39.5 Å². The Bertz CT molecular complexity index is 903. The van der Waals surface area contributed by atoms with Crippen LogP contribution in [-0.2, 0) is 28.9 Å². The fourth-order valence-electron chi connectivity index (χ4n) is 3.26. The van der Waals surface area contributed by atoms with Crippen LogP contribution >= 0.6 is 23.1 Å². The van der Waals surface area contributed by atoms with E-state index in [2.05, 4.69) is 29.0 Å². The predicted molar refractivity (Wildman–Crippen MR) is 111 cm³/mol. The van der Waals surface area contributed by atoms with Gasteiger partial charge in [0.25, 0.3) is 0 Å². The molecule has 150 valence electrons. The molecule has 2 aromatic heterocycles. The number of aromatic nitrogens is 3. The first-order valence-corrected chi connectivity index (χ1v) is 10.9. The number of rotatable bonds is 7. The molecule has 2 aromatic rings. The lowest BCUT2D eigenvalue weighted by molar-refractivity contribution is -0.113. The third-order valence-electron chi connectivity index (χ3n) is 4.70. The van der Waals surface area contributed by atoms with Crippen LogP contribution in [0, 0.1) is 12.8 Å². The van der Waals surface area contributed by atoms with E-state index >= 15 is 0 Å². The van der Waals surface area contributed by atoms with Crippen molar-refractivity contribution in [2.45, 2.75) is 44.8 Å². The molecule has 0 fully saturated rings. The topological polar surface area (TPSA) is 86.1 Å². The summed E-state index contributed by atoms with van der Waals surface area (Å²) in [6.07, 6.45) is 4.57. The summed E-state index contributed by atoms with van der Waals surface area (Å²) in [6, 6.07) is 0. The van der Waals surface area contributed by atoms with Crippen molar-refractivity contribution in [3.05, 3.63) is 34.5 Å². The van der Waals surface area contributed by atoms with Crippen LogP contribution < -0.4 is 5.32 Å². The SMILES string of the molecule is C=CCn1c(C)nnc1SCC(=O)Nc1sc2c(c1C(=O)OC)CC[C@H](C)C2. The Morgan fingerprint density at radius 1 is 1.46 bits per heavy atom. The summed E-state index contributed by atoms with van der Waals surface area (Å²) in [6.45, 7) is 8.39. The standard InChI is InChI=1S/C19H24N4O3S2/c1-5-8-23-12(3)21-22-19(23)27-10-15(24)20-17-16(18(25)26-4)13-7-6-11(2)9-14(13)28-17/h5,11H,1,6-10H2,2-4H3,(H,20,24)/t11-/m0/s1. The van der Waals surface area contributed by atoms with Gasteiger partial charge in [0.05, 0.1) is 18.4 Å². The summed E-state index contributed by atoms with van der Waals surface area (Å²) in [7, 11) is 1.37. The molecular formula is C19H24N4O3S2. The van der Waals surface area contributed by atoms with Crippen molar-refractivity contribution in [2.24, 2.45) is 5.92 Å². The van der Waals surface area contributed by atoms with Gasteiger partial charge in [-0.05, 0) is 37.7 Å². The lowest BCUT2D eigenvalue weighted by atomic mass is 9.88. The first kappa shape index (κ1) is 20.6. The molecule has 0 aromatic carbocycles. The van der Waals surface area contributed by atoms with Gasteiger partial charge < -0.3 is 14.6 Å². The minimum absolute atomic E-state index is 0.175. The van der Waals surface area contributed by atoms with E-state index in [0.717, 1.165) is 30.7 Å². The number of ether oxygens (including phenoxy) is 1. The zero-order valence-corrected chi connectivity index (χ0v) is 17.9. The number of nitrogens with zero attached hydrogens (tertiary/aromatic N) is 3. The first-order valence-electron chi connectivity index (χ1n) is 9.10. The second kappa shape index (κ2) is 8.91. The second-order valence-corrected chi connectivity index (χ2v) is 8.86. The van der Waals surface area contributed by atoms with Crippen molar-refractivity contribution in [2.75, 3.05) is 18.2 Å². The van der Waals surface area contributed by atoms with Gasteiger partial charge in [-0.25, -0.2) is 4.79 Å². The van der Waals surface area contributed by atoms with Crippen LogP contribution in [0.2, 0.25) is 0 Å². The highest BCUT2D eigenvalue weighted by Gasteiger charge is 2.29. The van der Waals surface area contributed by atoms with Gasteiger partial charge in [-0.2, -0.15) is 0 Å². The zero-order chi connectivity index (χ0) is 20.3. The van der Waals surface area contributed by atoms with E-state index in [-0.39, 0.29) is 11.7 Å². The minimum atomic E-state index is -0.392. The Morgan fingerprint density at radius 3 is 2.96 bits per heavy atom. The number of nitrogens with one attached hydrogen (secondary N) is 1. The number of carbonyl (C=O) groups is 2. The molecule has 2 heterocycles. The van der Waals surface area contributed by atoms with Gasteiger partial charge in [-0.3, -0.25) is 4.79 Å². The molecule has 0 bridgehead atoms. The number of thioether (sulfide) groups is 1. The maximum absolute atomic E-state index is 12.5. The molecule has 0 saturated carbocycles. The average Bonchev–Trinajstić information content (AvgIpc) is 3.19. The second-order valence-electron chi connectivity index (χ2n) is 6.81. The monoisotopic (exact) mass is 420 g/mol. The Balaban J connectivity index is 1.73. The van der Waals surface area contributed by atoms with Crippen LogP contribution in [0.25, 0.3) is 0 Å². The molecule has 1 N–H and O–H groups in total. The number of anilines is 1. The van der Waals surface area contributed by atoms with E-state index in [1.165, 1.54) is 35.1 Å². The summed E-state index contributed by atoms with van der Waals surface area (Å²) < 4.78 is 6.86. The molecular weight excluding hydrogens is 396 g/mol. The Morgan fingerprint density at radius 2 is 2.25 bits per heavy atom. The molecule has 1 aliphatic carbocycles. The molecule has 0 radical (unpaired) electrons. The smallest absolute Gasteiger partial charge is 0.341 e. The molecule has 0 saturated heterocycles. The first-order chi connectivity index (χ1) is 13.4. The number of allylic oxidation sites excluding steroid dienone is 1. The van der Waals surface area contributed by atoms with Gasteiger partial charge in [0.2, 0.25) is 5.91 Å². The summed E-state index contributed by atoms with van der Waals surface area (Å²) >= 11 is 2.79. The van der Waals surface area contributed by atoms with E-state index in [0.29, 0.717) is 28.2 Å². The van der Waals surface area contributed by atoms with Crippen molar-refractivity contribution in [3.63, 3.8) is 0 Å². The van der Waals surface area contributed by atoms with Gasteiger partial charge in [-0.1, -0.05) is 24.8 Å². The third-order valence-corrected chi connectivity index (χ3v) is 6.84. The highest BCUT2D eigenvalue weighted by Crippen LogP contribution is 2.40. The van der Waals surface area contributed by atoms with Crippen molar-refractivity contribution < 1.29 is 14.3 Å². The molecule has 0 aliphatic heterocycles. The number of carbonyl (C=O) groups excluding carboxylic acids is 2. The maximum atomic E-state index is 12.5. The van der Waals surface area contributed by atoms with E-state index in [1.54, 1.807) is 6.08 Å². The van der Waals surface area contributed by atoms with Crippen LogP contribution in [0.1, 0.15) is 40.0 Å². The third kappa shape index (κ3) is 4.30. The minimum Gasteiger partial charge on any atom is -0.465 e. The Hall–Kier alpha value is -2.13. The quantitative estimate of drug-likeness (QED) is 0.419. The largest absolute Gasteiger partial charge is 0.465 e. The van der Waals surface area contributed by atoms with E-state index in [9.17, 15) is 9.59 Å². The van der Waals surface area contributed by atoms with E-state index in [1.807, 2.05) is 11.5 Å². The number of esters is 1. The number of amides is 1. The number of hydrogen-bond acceptors (Lipinski definition) is 7. The van der Waals surface area contributed by atoms with Crippen molar-refractivity contribution >= 4 is 40.0 Å². The molecule has 7 nitrogen and oxygen atoms in total. The molecule has 28 heavy (non-hydrogen) atoms. The lowest BCUT2D eigenvalue weighted by Gasteiger charge is -2.18. The predicted octanol–water partition coefficient (Wildman–Crippen LogP) is 3.48. The summed E-state index contributed by atoms with van der Waals surface area (Å²) in [5.74, 6) is 0.949. The molecule has 3 rings (SSSR count). The summed E-state index contributed by atoms with van der Waals surface area (Å²) in [5.41, 5.74) is 1.54. The number of methoxy groups -OCH3 is 1. The Kier molecular flexibility index (Phi) is 6.56.